The van der Waals surface area contributed by atoms with Crippen molar-refractivity contribution in [3.63, 3.8) is 0 Å². The van der Waals surface area contributed by atoms with E-state index in [1.807, 2.05) is 0 Å². The van der Waals surface area contributed by atoms with Crippen molar-refractivity contribution in [3.8, 4) is 11.5 Å². The number of carboxylic acid groups (broad SMARTS) is 1. The van der Waals surface area contributed by atoms with E-state index in [9.17, 15) is 4.79 Å². The predicted molar refractivity (Wildman–Crippen MR) is 45.0 cm³/mol. The lowest BCUT2D eigenvalue weighted by Crippen LogP contribution is -2.09. The van der Waals surface area contributed by atoms with E-state index < -0.39 is 5.97 Å². The largest absolute Gasteiger partial charge is 0.493 e. The molecule has 4 heteroatoms. The molecule has 0 bridgehead atoms. The molecule has 1 N–H and O–H groups in total. The molecule has 0 spiro atoms. The monoisotopic (exact) mass is 181 g/mol. The van der Waals surface area contributed by atoms with Gasteiger partial charge >= 0.3 is 5.97 Å². The number of methoxy groups -OCH3 is 1. The molecule has 0 aliphatic heterocycles. The van der Waals surface area contributed by atoms with Crippen LogP contribution in [0.3, 0.4) is 0 Å². The fourth-order valence-electron chi connectivity index (χ4n) is 0.819. The van der Waals surface area contributed by atoms with E-state index in [0.717, 1.165) is 0 Å². The van der Waals surface area contributed by atoms with Crippen molar-refractivity contribution < 1.29 is 19.4 Å². The number of aliphatic carboxylic acids is 1. The smallest absolute Gasteiger partial charge is 0.341 e. The Morgan fingerprint density at radius 3 is 3.00 bits per heavy atom. The summed E-state index contributed by atoms with van der Waals surface area (Å²) in [7, 11) is 1.48. The van der Waals surface area contributed by atoms with Crippen molar-refractivity contribution in [2.45, 2.75) is 0 Å². The molecular weight excluding hydrogens is 172 g/mol. The van der Waals surface area contributed by atoms with Gasteiger partial charge in [0.25, 0.3) is 0 Å². The minimum absolute atomic E-state index is 0.375. The summed E-state index contributed by atoms with van der Waals surface area (Å²) >= 11 is 0. The molecule has 13 heavy (non-hydrogen) atoms. The average molecular weight is 181 g/mol. The third-order valence-electron chi connectivity index (χ3n) is 1.36. The second kappa shape index (κ2) is 4.35. The molecule has 0 aliphatic carbocycles. The maximum atomic E-state index is 10.2. The van der Waals surface area contributed by atoms with Crippen LogP contribution < -0.4 is 9.47 Å². The van der Waals surface area contributed by atoms with Gasteiger partial charge < -0.3 is 14.6 Å². The van der Waals surface area contributed by atoms with Gasteiger partial charge in [-0.2, -0.15) is 0 Å². The first-order valence-corrected chi connectivity index (χ1v) is 3.62. The number of hydrogen-bond acceptors (Lipinski definition) is 3. The van der Waals surface area contributed by atoms with E-state index in [1.54, 1.807) is 18.2 Å². The number of rotatable bonds is 4. The average Bonchev–Trinajstić information content (AvgIpc) is 2.15. The first kappa shape index (κ1) is 9.38. The van der Waals surface area contributed by atoms with Crippen LogP contribution in [0.4, 0.5) is 0 Å². The molecule has 69 valence electrons. The van der Waals surface area contributed by atoms with Crippen molar-refractivity contribution in [1.82, 2.24) is 0 Å². The maximum Gasteiger partial charge on any atom is 0.341 e. The van der Waals surface area contributed by atoms with Crippen molar-refractivity contribution in [3.05, 3.63) is 24.3 Å². The number of benzene rings is 1. The summed E-state index contributed by atoms with van der Waals surface area (Å²) in [6.45, 7) is -0.375. The molecule has 4 nitrogen and oxygen atoms in total. The minimum Gasteiger partial charge on any atom is -0.493 e. The number of hydrogen-bond donors (Lipinski definition) is 1. The normalized spacial score (nSPS) is 9.31. The highest BCUT2D eigenvalue weighted by molar-refractivity contribution is 5.68. The molecule has 0 unspecified atom stereocenters. The Morgan fingerprint density at radius 2 is 2.38 bits per heavy atom. The van der Waals surface area contributed by atoms with Gasteiger partial charge in [-0.3, -0.25) is 0 Å². The van der Waals surface area contributed by atoms with Crippen LogP contribution in [0.15, 0.2) is 18.2 Å². The Labute approximate surface area is 75.7 Å². The van der Waals surface area contributed by atoms with Gasteiger partial charge in [0.15, 0.2) is 18.1 Å². The van der Waals surface area contributed by atoms with Crippen LogP contribution in [0.25, 0.3) is 0 Å². The molecule has 0 aromatic heterocycles. The lowest BCUT2D eigenvalue weighted by Gasteiger charge is -2.07. The number of carboxylic acids is 1. The summed E-state index contributed by atoms with van der Waals surface area (Å²) in [5.74, 6) is -0.137. The Morgan fingerprint density at radius 1 is 1.62 bits per heavy atom. The number of carbonyl (C=O) groups is 1. The predicted octanol–water partition coefficient (Wildman–Crippen LogP) is 0.959. The van der Waals surface area contributed by atoms with E-state index in [-0.39, 0.29) is 6.61 Å². The lowest BCUT2D eigenvalue weighted by molar-refractivity contribution is -0.139. The second-order valence-electron chi connectivity index (χ2n) is 2.26. The van der Waals surface area contributed by atoms with Gasteiger partial charge in [-0.15, -0.1) is 0 Å². The standard InChI is InChI=1S/C9H9O4/c1-12-7-4-2-3-5-8(7)13-6-9(10)11/h3-5H,6H2,1H3,(H,10,11). The summed E-state index contributed by atoms with van der Waals surface area (Å²) in [4.78, 5) is 10.2. The summed E-state index contributed by atoms with van der Waals surface area (Å²) < 4.78 is 9.87. The molecule has 0 aliphatic rings. The molecule has 1 rings (SSSR count). The zero-order valence-electron chi connectivity index (χ0n) is 7.11. The fraction of sp³-hybridized carbons (Fsp3) is 0.222. The first-order chi connectivity index (χ1) is 6.24. The van der Waals surface area contributed by atoms with Gasteiger partial charge in [0.05, 0.1) is 7.11 Å². The van der Waals surface area contributed by atoms with Crippen molar-refractivity contribution in [1.29, 1.82) is 0 Å². The van der Waals surface area contributed by atoms with Crippen LogP contribution in [0, 0.1) is 6.07 Å². The molecule has 0 fully saturated rings. The molecule has 1 aromatic carbocycles. The van der Waals surface area contributed by atoms with E-state index in [4.69, 9.17) is 14.6 Å². The van der Waals surface area contributed by atoms with Gasteiger partial charge in [0, 0.05) is 0 Å². The number of ether oxygens (including phenoxy) is 2. The third-order valence-corrected chi connectivity index (χ3v) is 1.36. The lowest BCUT2D eigenvalue weighted by atomic mass is 10.3. The quantitative estimate of drug-likeness (QED) is 0.751. The SMILES string of the molecule is COc1c[c]ccc1OCC(=O)O. The molecule has 1 aromatic rings. The Kier molecular flexibility index (Phi) is 3.14. The summed E-state index contributed by atoms with van der Waals surface area (Å²) in [5, 5.41) is 8.36. The van der Waals surface area contributed by atoms with Crippen molar-refractivity contribution in [2.24, 2.45) is 0 Å². The van der Waals surface area contributed by atoms with E-state index >= 15 is 0 Å². The third kappa shape index (κ3) is 2.66. The molecule has 0 saturated carbocycles. The van der Waals surface area contributed by atoms with Gasteiger partial charge in [0.2, 0.25) is 0 Å². The summed E-state index contributed by atoms with van der Waals surface area (Å²) in [5.41, 5.74) is 0. The van der Waals surface area contributed by atoms with Crippen LogP contribution in [0.2, 0.25) is 0 Å². The maximum absolute atomic E-state index is 10.2. The zero-order chi connectivity index (χ0) is 9.68. The first-order valence-electron chi connectivity index (χ1n) is 3.62. The highest BCUT2D eigenvalue weighted by Gasteiger charge is 2.04. The van der Waals surface area contributed by atoms with E-state index in [0.29, 0.717) is 11.5 Å². The van der Waals surface area contributed by atoms with Crippen LogP contribution in [-0.2, 0) is 4.79 Å². The van der Waals surface area contributed by atoms with Crippen LogP contribution >= 0.6 is 0 Å². The van der Waals surface area contributed by atoms with Crippen LogP contribution in [0.5, 0.6) is 11.5 Å². The molecule has 1 radical (unpaired) electrons. The van der Waals surface area contributed by atoms with Crippen LogP contribution in [-0.4, -0.2) is 24.8 Å². The van der Waals surface area contributed by atoms with E-state index in [1.165, 1.54) is 7.11 Å². The van der Waals surface area contributed by atoms with Crippen molar-refractivity contribution in [2.75, 3.05) is 13.7 Å². The van der Waals surface area contributed by atoms with Gasteiger partial charge in [-0.1, -0.05) is 6.07 Å². The molecular formula is C9H9O4. The molecule has 0 atom stereocenters. The summed E-state index contributed by atoms with van der Waals surface area (Å²) in [6, 6.07) is 7.59. The zero-order valence-corrected chi connectivity index (χ0v) is 7.11. The molecule has 0 amide bonds. The molecule has 0 heterocycles. The van der Waals surface area contributed by atoms with Crippen molar-refractivity contribution >= 4 is 5.97 Å². The Hall–Kier alpha value is -1.71. The summed E-state index contributed by atoms with van der Waals surface area (Å²) in [6.07, 6.45) is 0. The van der Waals surface area contributed by atoms with Crippen LogP contribution in [0.1, 0.15) is 0 Å². The topological polar surface area (TPSA) is 55.8 Å². The Bertz CT molecular complexity index is 295. The second-order valence-corrected chi connectivity index (χ2v) is 2.26. The van der Waals surface area contributed by atoms with Gasteiger partial charge in [-0.25, -0.2) is 4.79 Å². The highest BCUT2D eigenvalue weighted by atomic mass is 16.5. The van der Waals surface area contributed by atoms with E-state index in [2.05, 4.69) is 6.07 Å². The molecule has 0 saturated heterocycles. The van der Waals surface area contributed by atoms with Gasteiger partial charge in [0.1, 0.15) is 0 Å². The highest BCUT2D eigenvalue weighted by Crippen LogP contribution is 2.25. The minimum atomic E-state index is -1.02. The van der Waals surface area contributed by atoms with Gasteiger partial charge in [-0.05, 0) is 18.2 Å². The Balaban J connectivity index is 2.69. The fourth-order valence-corrected chi connectivity index (χ4v) is 0.819.